The van der Waals surface area contributed by atoms with Crippen molar-refractivity contribution in [1.82, 2.24) is 10.3 Å². The third-order valence-electron chi connectivity index (χ3n) is 3.01. The highest BCUT2D eigenvalue weighted by Gasteiger charge is 2.16. The molecule has 0 atom stereocenters. The molecule has 0 saturated heterocycles. The Kier molecular flexibility index (Phi) is 5.69. The van der Waals surface area contributed by atoms with Crippen molar-refractivity contribution in [2.45, 2.75) is 32.7 Å². The van der Waals surface area contributed by atoms with Crippen molar-refractivity contribution < 1.29 is 9.59 Å². The van der Waals surface area contributed by atoms with E-state index in [1.54, 1.807) is 29.6 Å². The highest BCUT2D eigenvalue weighted by Crippen LogP contribution is 2.15. The number of carbonyl (C=O) groups excluding carboxylic acids is 2. The lowest BCUT2D eigenvalue weighted by Gasteiger charge is -2.20. The van der Waals surface area contributed by atoms with Gasteiger partial charge in [0.1, 0.15) is 5.69 Å². The number of rotatable bonds is 5. The normalized spacial score (nSPS) is 11.2. The Morgan fingerprint density at radius 2 is 2.00 bits per heavy atom. The number of amides is 2. The van der Waals surface area contributed by atoms with Crippen molar-refractivity contribution in [2.24, 2.45) is 5.73 Å². The number of aromatic nitrogens is 1. The Hall–Kier alpha value is -2.25. The highest BCUT2D eigenvalue weighted by atomic mass is 32.1. The van der Waals surface area contributed by atoms with Gasteiger partial charge in [-0.1, -0.05) is 6.07 Å². The molecular weight excluding hydrogens is 324 g/mol. The van der Waals surface area contributed by atoms with E-state index in [0.717, 1.165) is 5.01 Å². The molecule has 0 unspecified atom stereocenters. The minimum absolute atomic E-state index is 0.183. The smallest absolute Gasteiger partial charge is 0.275 e. The van der Waals surface area contributed by atoms with Crippen LogP contribution in [-0.2, 0) is 6.42 Å². The average molecular weight is 346 g/mol. The fraction of sp³-hybridized carbons (Fsp3) is 0.353. The quantitative estimate of drug-likeness (QED) is 0.774. The van der Waals surface area contributed by atoms with Gasteiger partial charge in [0, 0.05) is 28.6 Å². The number of anilines is 1. The molecule has 0 spiro atoms. The first kappa shape index (κ1) is 18.1. The summed E-state index contributed by atoms with van der Waals surface area (Å²) in [6.45, 7) is 6.24. The van der Waals surface area contributed by atoms with Crippen LogP contribution in [-0.4, -0.2) is 28.9 Å². The molecule has 7 heteroatoms. The van der Waals surface area contributed by atoms with E-state index in [-0.39, 0.29) is 17.4 Å². The molecule has 1 heterocycles. The topological polar surface area (TPSA) is 97.1 Å². The maximum atomic E-state index is 12.2. The Morgan fingerprint density at radius 1 is 1.25 bits per heavy atom. The lowest BCUT2D eigenvalue weighted by molar-refractivity contribution is 0.0918. The zero-order valence-electron chi connectivity index (χ0n) is 14.1. The van der Waals surface area contributed by atoms with Crippen molar-refractivity contribution in [3.63, 3.8) is 0 Å². The van der Waals surface area contributed by atoms with Gasteiger partial charge in [-0.05, 0) is 45.5 Å². The second kappa shape index (κ2) is 7.55. The molecule has 4 N–H and O–H groups in total. The first-order chi connectivity index (χ1) is 11.3. The van der Waals surface area contributed by atoms with E-state index >= 15 is 0 Å². The van der Waals surface area contributed by atoms with Crippen LogP contribution in [0.3, 0.4) is 0 Å². The van der Waals surface area contributed by atoms with Crippen LogP contribution < -0.4 is 16.4 Å². The molecule has 24 heavy (non-hydrogen) atoms. The van der Waals surface area contributed by atoms with Crippen LogP contribution in [0.2, 0.25) is 0 Å². The standard InChI is InChI=1S/C17H22N4O2S/c1-17(2,3)21-15(22)11-5-4-6-12(9-11)19-16(23)13-10-24-14(20-13)7-8-18/h4-6,9-10H,7-8,18H2,1-3H3,(H,19,23)(H,21,22). The van der Waals surface area contributed by atoms with Crippen molar-refractivity contribution in [3.05, 3.63) is 45.9 Å². The minimum Gasteiger partial charge on any atom is -0.347 e. The molecule has 2 rings (SSSR count). The number of hydrogen-bond acceptors (Lipinski definition) is 5. The number of thiazole rings is 1. The van der Waals surface area contributed by atoms with Crippen LogP contribution >= 0.6 is 11.3 Å². The van der Waals surface area contributed by atoms with Gasteiger partial charge in [-0.25, -0.2) is 4.98 Å². The zero-order valence-corrected chi connectivity index (χ0v) is 14.9. The van der Waals surface area contributed by atoms with Gasteiger partial charge in [-0.15, -0.1) is 11.3 Å². The van der Waals surface area contributed by atoms with Crippen LogP contribution in [0.15, 0.2) is 29.6 Å². The first-order valence-corrected chi connectivity index (χ1v) is 8.55. The van der Waals surface area contributed by atoms with Gasteiger partial charge in [0.2, 0.25) is 0 Å². The van der Waals surface area contributed by atoms with Gasteiger partial charge in [-0.3, -0.25) is 9.59 Å². The molecule has 0 bridgehead atoms. The summed E-state index contributed by atoms with van der Waals surface area (Å²) in [6, 6.07) is 6.82. The first-order valence-electron chi connectivity index (χ1n) is 7.67. The number of nitrogens with one attached hydrogen (secondary N) is 2. The molecule has 6 nitrogen and oxygen atoms in total. The highest BCUT2D eigenvalue weighted by molar-refractivity contribution is 7.09. The summed E-state index contributed by atoms with van der Waals surface area (Å²) in [7, 11) is 0. The van der Waals surface area contributed by atoms with Gasteiger partial charge < -0.3 is 16.4 Å². The fourth-order valence-electron chi connectivity index (χ4n) is 2.00. The molecule has 0 saturated carbocycles. The monoisotopic (exact) mass is 346 g/mol. The van der Waals surface area contributed by atoms with E-state index in [1.807, 2.05) is 20.8 Å². The maximum absolute atomic E-state index is 12.2. The number of benzene rings is 1. The van der Waals surface area contributed by atoms with Crippen LogP contribution in [0.1, 0.15) is 46.6 Å². The van der Waals surface area contributed by atoms with E-state index in [4.69, 9.17) is 5.73 Å². The molecule has 0 fully saturated rings. The molecule has 1 aromatic carbocycles. The average Bonchev–Trinajstić information content (AvgIpc) is 2.95. The van der Waals surface area contributed by atoms with E-state index < -0.39 is 0 Å². The summed E-state index contributed by atoms with van der Waals surface area (Å²) >= 11 is 1.41. The molecular formula is C17H22N4O2S. The fourth-order valence-corrected chi connectivity index (χ4v) is 2.79. The SMILES string of the molecule is CC(C)(C)NC(=O)c1cccc(NC(=O)c2csc(CCN)n2)c1. The predicted octanol–water partition coefficient (Wildman–Crippen LogP) is 2.42. The van der Waals surface area contributed by atoms with Crippen molar-refractivity contribution in [1.29, 1.82) is 0 Å². The number of nitrogens with two attached hydrogens (primary N) is 1. The number of nitrogens with zero attached hydrogens (tertiary/aromatic N) is 1. The summed E-state index contributed by atoms with van der Waals surface area (Å²) in [6.07, 6.45) is 0.653. The summed E-state index contributed by atoms with van der Waals surface area (Å²) in [5.41, 5.74) is 6.56. The van der Waals surface area contributed by atoms with E-state index in [2.05, 4.69) is 15.6 Å². The summed E-state index contributed by atoms with van der Waals surface area (Å²) in [4.78, 5) is 28.7. The molecule has 2 amide bonds. The van der Waals surface area contributed by atoms with Crippen molar-refractivity contribution in [2.75, 3.05) is 11.9 Å². The molecule has 128 valence electrons. The zero-order chi connectivity index (χ0) is 17.7. The Bertz CT molecular complexity index is 734. The van der Waals surface area contributed by atoms with Crippen LogP contribution in [0.4, 0.5) is 5.69 Å². The molecule has 1 aromatic heterocycles. The third-order valence-corrected chi connectivity index (χ3v) is 3.92. The molecule has 2 aromatic rings. The van der Waals surface area contributed by atoms with Gasteiger partial charge in [-0.2, -0.15) is 0 Å². The third kappa shape index (κ3) is 5.14. The maximum Gasteiger partial charge on any atom is 0.275 e. The van der Waals surface area contributed by atoms with Crippen molar-refractivity contribution in [3.8, 4) is 0 Å². The summed E-state index contributed by atoms with van der Waals surface area (Å²) < 4.78 is 0. The van der Waals surface area contributed by atoms with Gasteiger partial charge in [0.15, 0.2) is 0 Å². The van der Waals surface area contributed by atoms with E-state index in [9.17, 15) is 9.59 Å². The number of hydrogen-bond donors (Lipinski definition) is 3. The lowest BCUT2D eigenvalue weighted by atomic mass is 10.1. The van der Waals surface area contributed by atoms with Gasteiger partial charge in [0.05, 0.1) is 5.01 Å². The summed E-state index contributed by atoms with van der Waals surface area (Å²) in [5.74, 6) is -0.486. The van der Waals surface area contributed by atoms with Crippen LogP contribution in [0, 0.1) is 0 Å². The second-order valence-electron chi connectivity index (χ2n) is 6.40. The minimum atomic E-state index is -0.323. The molecule has 0 aliphatic heterocycles. The van der Waals surface area contributed by atoms with Gasteiger partial charge in [0.25, 0.3) is 11.8 Å². The van der Waals surface area contributed by atoms with E-state index in [0.29, 0.717) is 29.9 Å². The predicted molar refractivity (Wildman–Crippen MR) is 96.5 cm³/mol. The largest absolute Gasteiger partial charge is 0.347 e. The van der Waals surface area contributed by atoms with Crippen LogP contribution in [0.5, 0.6) is 0 Å². The Balaban J connectivity index is 2.08. The second-order valence-corrected chi connectivity index (χ2v) is 7.35. The Labute approximate surface area is 145 Å². The molecule has 0 radical (unpaired) electrons. The number of carbonyl (C=O) groups is 2. The Morgan fingerprint density at radius 3 is 2.67 bits per heavy atom. The molecule has 0 aliphatic carbocycles. The van der Waals surface area contributed by atoms with Crippen molar-refractivity contribution >= 4 is 28.8 Å². The lowest BCUT2D eigenvalue weighted by Crippen LogP contribution is -2.40. The molecule has 0 aliphatic rings. The summed E-state index contributed by atoms with van der Waals surface area (Å²) in [5, 5.41) is 8.20. The van der Waals surface area contributed by atoms with Gasteiger partial charge >= 0.3 is 0 Å². The van der Waals surface area contributed by atoms with Crippen LogP contribution in [0.25, 0.3) is 0 Å². The van der Waals surface area contributed by atoms with E-state index in [1.165, 1.54) is 11.3 Å².